The smallest absolute Gasteiger partial charge is 0.0569 e. The van der Waals surface area contributed by atoms with Crippen LogP contribution in [-0.2, 0) is 0 Å². The van der Waals surface area contributed by atoms with Gasteiger partial charge in [-0.05, 0) is 38.4 Å². The average molecular weight is 313 g/mol. The molecule has 0 fully saturated rings. The summed E-state index contributed by atoms with van der Waals surface area (Å²) in [6, 6.07) is 27.8. The molecule has 0 saturated carbocycles. The molecule has 108 valence electrons. The van der Waals surface area contributed by atoms with Crippen LogP contribution >= 0.6 is 11.6 Å². The maximum atomic E-state index is 6.85. The summed E-state index contributed by atoms with van der Waals surface area (Å²) in [6.07, 6.45) is 0. The average Bonchev–Trinajstić information content (AvgIpc) is 2.61. The highest BCUT2D eigenvalue weighted by Crippen LogP contribution is 2.39. The van der Waals surface area contributed by atoms with Gasteiger partial charge in [0.1, 0.15) is 0 Å². The normalized spacial score (nSPS) is 11.7. The second kappa shape index (κ2) is 4.71. The zero-order valence-electron chi connectivity index (χ0n) is 12.4. The van der Waals surface area contributed by atoms with Crippen molar-refractivity contribution < 1.29 is 0 Å². The quantitative estimate of drug-likeness (QED) is 0.214. The van der Waals surface area contributed by atoms with Gasteiger partial charge in [0.05, 0.1) is 5.02 Å². The first kappa shape index (κ1) is 12.9. The molecule has 0 saturated heterocycles. The van der Waals surface area contributed by atoms with Crippen LogP contribution < -0.4 is 0 Å². The largest absolute Gasteiger partial charge is 0.0830 e. The Morgan fingerprint density at radius 3 is 1.91 bits per heavy atom. The van der Waals surface area contributed by atoms with Crippen LogP contribution in [0.1, 0.15) is 0 Å². The van der Waals surface area contributed by atoms with Crippen molar-refractivity contribution in [1.82, 2.24) is 0 Å². The molecule has 0 radical (unpaired) electrons. The monoisotopic (exact) mass is 312 g/mol. The van der Waals surface area contributed by atoms with E-state index in [1.807, 2.05) is 0 Å². The third-order valence-corrected chi connectivity index (χ3v) is 5.08. The maximum absolute atomic E-state index is 6.85. The van der Waals surface area contributed by atoms with E-state index in [0.29, 0.717) is 0 Å². The van der Waals surface area contributed by atoms with Crippen LogP contribution in [0.4, 0.5) is 0 Å². The van der Waals surface area contributed by atoms with Crippen LogP contribution in [0.25, 0.3) is 43.1 Å². The molecule has 5 aromatic carbocycles. The van der Waals surface area contributed by atoms with Gasteiger partial charge in [-0.1, -0.05) is 84.4 Å². The van der Waals surface area contributed by atoms with Crippen molar-refractivity contribution >= 4 is 54.7 Å². The Balaban J connectivity index is 2.08. The highest BCUT2D eigenvalue weighted by atomic mass is 35.5. The summed E-state index contributed by atoms with van der Waals surface area (Å²) in [7, 11) is 0. The van der Waals surface area contributed by atoms with Crippen LogP contribution in [0, 0.1) is 0 Å². The minimum absolute atomic E-state index is 0.847. The molecule has 0 aromatic heterocycles. The maximum Gasteiger partial charge on any atom is 0.0569 e. The summed E-state index contributed by atoms with van der Waals surface area (Å²) < 4.78 is 0. The van der Waals surface area contributed by atoms with E-state index in [4.69, 9.17) is 11.6 Å². The predicted molar refractivity (Wildman–Crippen MR) is 101 cm³/mol. The van der Waals surface area contributed by atoms with Crippen molar-refractivity contribution in [2.75, 3.05) is 0 Å². The van der Waals surface area contributed by atoms with E-state index in [1.54, 1.807) is 0 Å². The molecule has 0 heterocycles. The van der Waals surface area contributed by atoms with Gasteiger partial charge >= 0.3 is 0 Å². The van der Waals surface area contributed by atoms with E-state index in [0.717, 1.165) is 15.8 Å². The Labute approximate surface area is 138 Å². The van der Waals surface area contributed by atoms with Gasteiger partial charge in [0.15, 0.2) is 0 Å². The standard InChI is InChI=1S/C22H13Cl/c23-22-19-12-11-14-5-1-3-7-17(14)20(19)13-16-10-9-15-6-2-4-8-18(15)21(16)22/h1-13H. The molecule has 0 bridgehead atoms. The van der Waals surface area contributed by atoms with Gasteiger partial charge in [0.2, 0.25) is 0 Å². The second-order valence-electron chi connectivity index (χ2n) is 5.96. The Hall–Kier alpha value is -2.57. The first-order valence-electron chi connectivity index (χ1n) is 7.74. The zero-order chi connectivity index (χ0) is 15.4. The van der Waals surface area contributed by atoms with Crippen LogP contribution in [-0.4, -0.2) is 0 Å². The number of halogens is 1. The first-order valence-corrected chi connectivity index (χ1v) is 8.12. The van der Waals surface area contributed by atoms with Crippen molar-refractivity contribution in [2.45, 2.75) is 0 Å². The van der Waals surface area contributed by atoms with Crippen molar-refractivity contribution in [2.24, 2.45) is 0 Å². The Morgan fingerprint density at radius 1 is 0.478 bits per heavy atom. The molecule has 0 aliphatic heterocycles. The lowest BCUT2D eigenvalue weighted by molar-refractivity contribution is 1.78. The van der Waals surface area contributed by atoms with Gasteiger partial charge in [-0.2, -0.15) is 0 Å². The lowest BCUT2D eigenvalue weighted by Gasteiger charge is -2.11. The van der Waals surface area contributed by atoms with E-state index in [-0.39, 0.29) is 0 Å². The van der Waals surface area contributed by atoms with Gasteiger partial charge < -0.3 is 0 Å². The zero-order valence-corrected chi connectivity index (χ0v) is 13.1. The van der Waals surface area contributed by atoms with Gasteiger partial charge in [-0.15, -0.1) is 0 Å². The van der Waals surface area contributed by atoms with Crippen LogP contribution in [0.3, 0.4) is 0 Å². The lowest BCUT2D eigenvalue weighted by Crippen LogP contribution is -1.84. The Kier molecular flexibility index (Phi) is 2.65. The minimum Gasteiger partial charge on any atom is -0.0830 e. The summed E-state index contributed by atoms with van der Waals surface area (Å²) in [5, 5.41) is 10.5. The molecule has 5 rings (SSSR count). The van der Waals surface area contributed by atoms with Crippen LogP contribution in [0.5, 0.6) is 0 Å². The third kappa shape index (κ3) is 1.79. The van der Waals surface area contributed by atoms with Crippen molar-refractivity contribution in [3.8, 4) is 0 Å². The highest BCUT2D eigenvalue weighted by Gasteiger charge is 2.10. The fourth-order valence-corrected chi connectivity index (χ4v) is 3.96. The summed E-state index contributed by atoms with van der Waals surface area (Å²) in [5.74, 6) is 0. The fourth-order valence-electron chi connectivity index (χ4n) is 3.59. The second-order valence-corrected chi connectivity index (χ2v) is 6.34. The summed E-state index contributed by atoms with van der Waals surface area (Å²) in [4.78, 5) is 0. The van der Waals surface area contributed by atoms with E-state index >= 15 is 0 Å². The topological polar surface area (TPSA) is 0 Å². The highest BCUT2D eigenvalue weighted by molar-refractivity contribution is 6.43. The molecule has 23 heavy (non-hydrogen) atoms. The molecule has 0 spiro atoms. The van der Waals surface area contributed by atoms with Crippen LogP contribution in [0.15, 0.2) is 78.9 Å². The summed E-state index contributed by atoms with van der Waals surface area (Å²) in [6.45, 7) is 0. The third-order valence-electron chi connectivity index (χ3n) is 4.69. The van der Waals surface area contributed by atoms with E-state index in [2.05, 4.69) is 78.9 Å². The number of rotatable bonds is 0. The number of benzene rings is 5. The van der Waals surface area contributed by atoms with Gasteiger partial charge in [0, 0.05) is 10.8 Å². The molecule has 0 nitrogen and oxygen atoms in total. The molecule has 0 N–H and O–H groups in total. The van der Waals surface area contributed by atoms with Gasteiger partial charge in [-0.25, -0.2) is 0 Å². The minimum atomic E-state index is 0.847. The molecule has 0 aliphatic rings. The molecular weight excluding hydrogens is 300 g/mol. The van der Waals surface area contributed by atoms with Crippen molar-refractivity contribution in [3.63, 3.8) is 0 Å². The SMILES string of the molecule is Clc1c2ccc3ccccc3c2cc2ccc3ccccc3c12. The van der Waals surface area contributed by atoms with Gasteiger partial charge in [-0.3, -0.25) is 0 Å². The molecule has 0 unspecified atom stereocenters. The molecule has 0 aliphatic carbocycles. The Morgan fingerprint density at radius 2 is 1.09 bits per heavy atom. The molecular formula is C22H13Cl. The van der Waals surface area contributed by atoms with E-state index in [1.165, 1.54) is 32.3 Å². The summed E-state index contributed by atoms with van der Waals surface area (Å²) in [5.41, 5.74) is 0. The van der Waals surface area contributed by atoms with Gasteiger partial charge in [0.25, 0.3) is 0 Å². The predicted octanol–water partition coefficient (Wildman–Crippen LogP) is 6.95. The fraction of sp³-hybridized carbons (Fsp3) is 0. The molecule has 1 heteroatoms. The first-order chi connectivity index (χ1) is 11.3. The number of hydrogen-bond acceptors (Lipinski definition) is 0. The summed E-state index contributed by atoms with van der Waals surface area (Å²) >= 11 is 6.85. The lowest BCUT2D eigenvalue weighted by atomic mass is 9.95. The number of fused-ring (bicyclic) bond motifs is 6. The van der Waals surface area contributed by atoms with E-state index in [9.17, 15) is 0 Å². The molecule has 5 aromatic rings. The van der Waals surface area contributed by atoms with E-state index < -0.39 is 0 Å². The van der Waals surface area contributed by atoms with Crippen LogP contribution in [0.2, 0.25) is 5.02 Å². The molecule has 0 atom stereocenters. The number of hydrogen-bond donors (Lipinski definition) is 0. The molecule has 0 amide bonds. The van der Waals surface area contributed by atoms with Crippen molar-refractivity contribution in [3.05, 3.63) is 83.9 Å². The Bertz CT molecular complexity index is 1220. The van der Waals surface area contributed by atoms with Crippen molar-refractivity contribution in [1.29, 1.82) is 0 Å².